The fraction of sp³-hybridized carbons (Fsp3) is 0.778. The number of thioether (sulfide) groups is 1. The molecule has 14 heavy (non-hydrogen) atoms. The van der Waals surface area contributed by atoms with E-state index in [9.17, 15) is 0 Å². The Labute approximate surface area is 89.1 Å². The predicted molar refractivity (Wildman–Crippen MR) is 59.2 cm³/mol. The summed E-state index contributed by atoms with van der Waals surface area (Å²) in [6.07, 6.45) is 4.79. The second kappa shape index (κ2) is 6.03. The van der Waals surface area contributed by atoms with Crippen molar-refractivity contribution < 1.29 is 0 Å². The van der Waals surface area contributed by atoms with Crippen molar-refractivity contribution in [1.82, 2.24) is 15.2 Å². The molecule has 0 radical (unpaired) electrons. The lowest BCUT2D eigenvalue weighted by Crippen LogP contribution is -2.31. The van der Waals surface area contributed by atoms with Crippen LogP contribution in [0.2, 0.25) is 0 Å². The Kier molecular flexibility index (Phi) is 4.97. The molecule has 1 aromatic heterocycles. The number of rotatable bonds is 6. The van der Waals surface area contributed by atoms with Crippen LogP contribution in [0.3, 0.4) is 0 Å². The van der Waals surface area contributed by atoms with Gasteiger partial charge in [0.05, 0.1) is 0 Å². The minimum atomic E-state index is 0.250. The summed E-state index contributed by atoms with van der Waals surface area (Å²) in [4.78, 5) is 4.09. The lowest BCUT2D eigenvalue weighted by molar-refractivity contribution is 0.565. The fourth-order valence-corrected chi connectivity index (χ4v) is 2.36. The molecule has 0 bridgehead atoms. The van der Waals surface area contributed by atoms with Crippen molar-refractivity contribution >= 4 is 11.8 Å². The van der Waals surface area contributed by atoms with Crippen LogP contribution < -0.4 is 5.73 Å². The monoisotopic (exact) mass is 214 g/mol. The molecule has 1 rings (SSSR count). The highest BCUT2D eigenvalue weighted by Gasteiger charge is 2.17. The molecule has 0 aromatic carbocycles. The quantitative estimate of drug-likeness (QED) is 0.709. The molecule has 0 fully saturated rings. The van der Waals surface area contributed by atoms with Gasteiger partial charge in [-0.1, -0.05) is 32.0 Å². The van der Waals surface area contributed by atoms with Crippen LogP contribution >= 0.6 is 11.8 Å². The highest BCUT2D eigenvalue weighted by Crippen LogP contribution is 2.24. The van der Waals surface area contributed by atoms with Crippen LogP contribution in [0.25, 0.3) is 0 Å². The number of aromatic amines is 1. The van der Waals surface area contributed by atoms with Gasteiger partial charge < -0.3 is 5.73 Å². The maximum atomic E-state index is 6.07. The summed E-state index contributed by atoms with van der Waals surface area (Å²) in [5, 5.41) is 7.96. The minimum Gasteiger partial charge on any atom is -0.327 e. The average molecular weight is 214 g/mol. The molecule has 5 heteroatoms. The number of nitrogens with zero attached hydrogens (tertiary/aromatic N) is 2. The molecule has 0 aliphatic heterocycles. The molecule has 3 N–H and O–H groups in total. The second-order valence-electron chi connectivity index (χ2n) is 3.31. The Balaban J connectivity index is 2.46. The zero-order valence-electron chi connectivity index (χ0n) is 8.73. The van der Waals surface area contributed by atoms with E-state index in [1.165, 1.54) is 6.33 Å². The van der Waals surface area contributed by atoms with Crippen molar-refractivity contribution in [3.63, 3.8) is 0 Å². The lowest BCUT2D eigenvalue weighted by atomic mass is 10.1. The topological polar surface area (TPSA) is 67.6 Å². The average Bonchev–Trinajstić information content (AvgIpc) is 2.66. The predicted octanol–water partition coefficient (Wildman–Crippen LogP) is 1.80. The Morgan fingerprint density at radius 2 is 2.36 bits per heavy atom. The van der Waals surface area contributed by atoms with Crippen LogP contribution in [0, 0.1) is 0 Å². The highest BCUT2D eigenvalue weighted by atomic mass is 32.2. The molecule has 2 atom stereocenters. The largest absolute Gasteiger partial charge is 0.327 e. The third-order valence-electron chi connectivity index (χ3n) is 2.16. The summed E-state index contributed by atoms with van der Waals surface area (Å²) in [7, 11) is 0. The van der Waals surface area contributed by atoms with E-state index in [4.69, 9.17) is 5.73 Å². The maximum Gasteiger partial charge on any atom is 0.183 e. The van der Waals surface area contributed by atoms with E-state index in [2.05, 4.69) is 29.0 Å². The first-order valence-electron chi connectivity index (χ1n) is 5.05. The van der Waals surface area contributed by atoms with Gasteiger partial charge in [0.15, 0.2) is 5.16 Å². The van der Waals surface area contributed by atoms with E-state index in [0.29, 0.717) is 5.25 Å². The number of H-pyrrole nitrogens is 1. The highest BCUT2D eigenvalue weighted by molar-refractivity contribution is 7.99. The second-order valence-corrected chi connectivity index (χ2v) is 4.54. The number of nitrogens with one attached hydrogen (secondary N) is 1. The van der Waals surface area contributed by atoms with Gasteiger partial charge in [-0.3, -0.25) is 5.10 Å². The Morgan fingerprint density at radius 1 is 1.57 bits per heavy atom. The zero-order chi connectivity index (χ0) is 10.4. The summed E-state index contributed by atoms with van der Waals surface area (Å²) in [6.45, 7) is 4.31. The van der Waals surface area contributed by atoms with Crippen molar-refractivity contribution in [1.29, 1.82) is 0 Å². The first-order valence-corrected chi connectivity index (χ1v) is 5.93. The smallest absolute Gasteiger partial charge is 0.183 e. The number of hydrogen-bond donors (Lipinski definition) is 2. The zero-order valence-corrected chi connectivity index (χ0v) is 9.55. The van der Waals surface area contributed by atoms with E-state index in [0.717, 1.165) is 24.4 Å². The van der Waals surface area contributed by atoms with Crippen molar-refractivity contribution in [3.8, 4) is 0 Å². The molecule has 0 aliphatic rings. The van der Waals surface area contributed by atoms with Gasteiger partial charge >= 0.3 is 0 Å². The molecule has 4 nitrogen and oxygen atoms in total. The molecular weight excluding hydrogens is 196 g/mol. The molecule has 0 aliphatic carbocycles. The molecule has 0 saturated heterocycles. The van der Waals surface area contributed by atoms with Crippen LogP contribution in [0.1, 0.15) is 33.1 Å². The summed E-state index contributed by atoms with van der Waals surface area (Å²) in [6, 6.07) is 0.250. The van der Waals surface area contributed by atoms with Crippen LogP contribution in [0.15, 0.2) is 11.5 Å². The van der Waals surface area contributed by atoms with Crippen LogP contribution in [-0.2, 0) is 0 Å². The number of nitrogens with two attached hydrogens (primary N) is 1. The summed E-state index contributed by atoms with van der Waals surface area (Å²) < 4.78 is 0. The molecule has 1 heterocycles. The van der Waals surface area contributed by atoms with E-state index in [1.54, 1.807) is 11.8 Å². The fourth-order valence-electron chi connectivity index (χ4n) is 1.39. The van der Waals surface area contributed by atoms with Gasteiger partial charge in [0.25, 0.3) is 0 Å². The van der Waals surface area contributed by atoms with Crippen LogP contribution in [0.5, 0.6) is 0 Å². The first-order chi connectivity index (χ1) is 6.77. The Bertz CT molecular complexity index is 237. The van der Waals surface area contributed by atoms with Crippen molar-refractivity contribution in [2.24, 2.45) is 5.73 Å². The van der Waals surface area contributed by atoms with Gasteiger partial charge in [-0.2, -0.15) is 5.10 Å². The van der Waals surface area contributed by atoms with E-state index in [-0.39, 0.29) is 6.04 Å². The van der Waals surface area contributed by atoms with Crippen molar-refractivity contribution in [2.45, 2.75) is 49.6 Å². The standard InChI is InChI=1S/C9H18N4S/c1-3-5-7(10)8(4-2)14-9-11-6-12-13-9/h6-8H,3-5,10H2,1-2H3,(H,11,12,13). The van der Waals surface area contributed by atoms with Crippen LogP contribution in [-0.4, -0.2) is 26.5 Å². The minimum absolute atomic E-state index is 0.250. The molecule has 80 valence electrons. The van der Waals surface area contributed by atoms with Gasteiger partial charge in [-0.25, -0.2) is 4.98 Å². The normalized spacial score (nSPS) is 15.4. The van der Waals surface area contributed by atoms with Crippen LogP contribution in [0.4, 0.5) is 0 Å². The number of aromatic nitrogens is 3. The summed E-state index contributed by atoms with van der Waals surface area (Å²) in [5.41, 5.74) is 6.07. The van der Waals surface area contributed by atoms with Gasteiger partial charge in [-0.05, 0) is 12.8 Å². The SMILES string of the molecule is CCCC(N)C(CC)Sc1ncn[nH]1. The molecule has 2 unspecified atom stereocenters. The van der Waals surface area contributed by atoms with Gasteiger partial charge in [-0.15, -0.1) is 0 Å². The molecule has 1 aromatic rings. The van der Waals surface area contributed by atoms with Crippen molar-refractivity contribution in [2.75, 3.05) is 0 Å². The van der Waals surface area contributed by atoms with E-state index >= 15 is 0 Å². The molecule has 0 saturated carbocycles. The first kappa shape index (κ1) is 11.5. The van der Waals surface area contributed by atoms with Gasteiger partial charge in [0.1, 0.15) is 6.33 Å². The molecule has 0 spiro atoms. The third-order valence-corrected chi connectivity index (χ3v) is 3.56. The van der Waals surface area contributed by atoms with Gasteiger partial charge in [0, 0.05) is 11.3 Å². The number of hydrogen-bond acceptors (Lipinski definition) is 4. The van der Waals surface area contributed by atoms with E-state index < -0.39 is 0 Å². The Hall–Kier alpha value is -0.550. The molecule has 0 amide bonds. The van der Waals surface area contributed by atoms with Gasteiger partial charge in [0.2, 0.25) is 0 Å². The van der Waals surface area contributed by atoms with E-state index in [1.807, 2.05) is 0 Å². The summed E-state index contributed by atoms with van der Waals surface area (Å²) >= 11 is 1.69. The Morgan fingerprint density at radius 3 is 2.86 bits per heavy atom. The molecular formula is C9H18N4S. The third kappa shape index (κ3) is 3.31. The summed E-state index contributed by atoms with van der Waals surface area (Å²) in [5.74, 6) is 0. The lowest BCUT2D eigenvalue weighted by Gasteiger charge is -2.20. The maximum absolute atomic E-state index is 6.07. The van der Waals surface area contributed by atoms with Crippen molar-refractivity contribution in [3.05, 3.63) is 6.33 Å².